The van der Waals surface area contributed by atoms with E-state index in [4.69, 9.17) is 23.8 Å². The van der Waals surface area contributed by atoms with Crippen LogP contribution in [0.1, 0.15) is 5.56 Å². The second-order valence-electron chi connectivity index (χ2n) is 4.73. The normalized spacial score (nSPS) is 10.5. The summed E-state index contributed by atoms with van der Waals surface area (Å²) in [7, 11) is 0. The minimum Gasteiger partial charge on any atom is -0.362 e. The highest BCUT2D eigenvalue weighted by atomic mass is 35.5. The molecule has 0 radical (unpaired) electrons. The lowest BCUT2D eigenvalue weighted by atomic mass is 10.2. The Balaban J connectivity index is 1.74. The van der Waals surface area contributed by atoms with Crippen molar-refractivity contribution >= 4 is 46.4 Å². The van der Waals surface area contributed by atoms with Gasteiger partial charge in [-0.05, 0) is 36.5 Å². The van der Waals surface area contributed by atoms with E-state index in [9.17, 15) is 13.2 Å². The van der Waals surface area contributed by atoms with Crippen molar-refractivity contribution in [1.29, 1.82) is 0 Å². The van der Waals surface area contributed by atoms with Crippen molar-refractivity contribution in [2.24, 2.45) is 0 Å². The van der Waals surface area contributed by atoms with Crippen molar-refractivity contribution in [3.63, 3.8) is 0 Å². The highest BCUT2D eigenvalue weighted by Gasteiger charge is 2.10. The molecule has 0 amide bonds. The number of anilines is 1. The van der Waals surface area contributed by atoms with Crippen molar-refractivity contribution in [3.05, 3.63) is 64.4 Å². The molecule has 0 saturated heterocycles. The van der Waals surface area contributed by atoms with E-state index in [0.29, 0.717) is 28.6 Å². The van der Waals surface area contributed by atoms with Gasteiger partial charge in [-0.25, -0.2) is 13.2 Å². The molecule has 0 atom stereocenters. The van der Waals surface area contributed by atoms with Crippen LogP contribution >= 0.6 is 35.6 Å². The third-order valence-corrected chi connectivity index (χ3v) is 4.63. The van der Waals surface area contributed by atoms with Gasteiger partial charge in [0.25, 0.3) is 0 Å². The maximum Gasteiger partial charge on any atom is 0.170 e. The summed E-state index contributed by atoms with van der Waals surface area (Å²) < 4.78 is 40.5. The Morgan fingerprint density at radius 3 is 2.33 bits per heavy atom. The fourth-order valence-electron chi connectivity index (χ4n) is 1.86. The molecule has 0 aliphatic heterocycles. The molecule has 2 aromatic carbocycles. The Bertz CT molecular complexity index is 688. The molecule has 24 heavy (non-hydrogen) atoms. The molecule has 2 aromatic rings. The number of rotatable bonds is 6. The molecule has 2 nitrogen and oxygen atoms in total. The first-order valence-corrected chi connectivity index (χ1v) is 8.92. The number of halogens is 4. The smallest absolute Gasteiger partial charge is 0.170 e. The minimum absolute atomic E-state index is 0.114. The van der Waals surface area contributed by atoms with E-state index in [1.807, 2.05) is 0 Å². The van der Waals surface area contributed by atoms with Gasteiger partial charge >= 0.3 is 0 Å². The second-order valence-corrected chi connectivity index (χ2v) is 6.65. The van der Waals surface area contributed by atoms with E-state index < -0.39 is 11.6 Å². The number of nitrogens with one attached hydrogen (secondary N) is 2. The van der Waals surface area contributed by atoms with Crippen LogP contribution in [0.25, 0.3) is 0 Å². The van der Waals surface area contributed by atoms with Crippen LogP contribution in [-0.4, -0.2) is 17.4 Å². The summed E-state index contributed by atoms with van der Waals surface area (Å²) in [6, 6.07) is 8.11. The van der Waals surface area contributed by atoms with Crippen LogP contribution < -0.4 is 10.6 Å². The monoisotopic (exact) mass is 390 g/mol. The first kappa shape index (κ1) is 18.9. The summed E-state index contributed by atoms with van der Waals surface area (Å²) in [5.41, 5.74) is 0.166. The zero-order chi connectivity index (χ0) is 17.5. The summed E-state index contributed by atoms with van der Waals surface area (Å²) >= 11 is 12.4. The van der Waals surface area contributed by atoms with Crippen molar-refractivity contribution in [2.45, 2.75) is 5.75 Å². The predicted octanol–water partition coefficient (Wildman–Crippen LogP) is 4.98. The lowest BCUT2D eigenvalue weighted by Gasteiger charge is -2.12. The van der Waals surface area contributed by atoms with Crippen molar-refractivity contribution in [1.82, 2.24) is 5.32 Å². The number of thioether (sulfide) groups is 1. The summed E-state index contributed by atoms with van der Waals surface area (Å²) in [6.07, 6.45) is 0. The molecular weight excluding hydrogens is 377 g/mol. The summed E-state index contributed by atoms with van der Waals surface area (Å²) in [4.78, 5) is 0. The van der Waals surface area contributed by atoms with Gasteiger partial charge in [0.1, 0.15) is 23.1 Å². The molecule has 0 spiro atoms. The molecule has 8 heteroatoms. The van der Waals surface area contributed by atoms with Crippen molar-refractivity contribution in [3.8, 4) is 0 Å². The molecular formula is C16H14ClF3N2S2. The molecule has 2 rings (SSSR count). The SMILES string of the molecule is Fc1cccc(Cl)c1CSCCNC(=S)Nc1c(F)cccc1F. The lowest BCUT2D eigenvalue weighted by Crippen LogP contribution is -2.31. The van der Waals surface area contributed by atoms with Crippen molar-refractivity contribution < 1.29 is 13.2 Å². The van der Waals surface area contributed by atoms with Gasteiger partial charge in [0.2, 0.25) is 0 Å². The molecule has 0 saturated carbocycles. The van der Waals surface area contributed by atoms with E-state index >= 15 is 0 Å². The summed E-state index contributed by atoms with van der Waals surface area (Å²) in [5.74, 6) is -0.734. The maximum atomic E-state index is 13.6. The Kier molecular flexibility index (Phi) is 7.20. The number of hydrogen-bond acceptors (Lipinski definition) is 2. The quantitative estimate of drug-likeness (QED) is 0.536. The summed E-state index contributed by atoms with van der Waals surface area (Å²) in [6.45, 7) is 0.457. The number of benzene rings is 2. The van der Waals surface area contributed by atoms with Crippen LogP contribution in [0.4, 0.5) is 18.9 Å². The van der Waals surface area contributed by atoms with Crippen LogP contribution in [0.15, 0.2) is 36.4 Å². The highest BCUT2D eigenvalue weighted by molar-refractivity contribution is 7.98. The minimum atomic E-state index is -0.720. The molecule has 0 fully saturated rings. The van der Waals surface area contributed by atoms with Gasteiger partial charge in [-0.1, -0.05) is 23.7 Å². The fraction of sp³-hybridized carbons (Fsp3) is 0.188. The van der Waals surface area contributed by atoms with E-state index in [1.165, 1.54) is 23.9 Å². The Hall–Kier alpha value is -1.44. The van der Waals surface area contributed by atoms with E-state index in [0.717, 1.165) is 12.1 Å². The van der Waals surface area contributed by atoms with E-state index in [-0.39, 0.29) is 16.6 Å². The second kappa shape index (κ2) is 9.15. The maximum absolute atomic E-state index is 13.6. The predicted molar refractivity (Wildman–Crippen MR) is 98.2 cm³/mol. The van der Waals surface area contributed by atoms with Gasteiger partial charge in [0.15, 0.2) is 5.11 Å². The molecule has 0 aliphatic rings. The van der Waals surface area contributed by atoms with Crippen LogP contribution in [-0.2, 0) is 5.75 Å². The van der Waals surface area contributed by atoms with Gasteiger partial charge in [-0.3, -0.25) is 0 Å². The Morgan fingerprint density at radius 2 is 1.67 bits per heavy atom. The molecule has 2 N–H and O–H groups in total. The molecule has 0 aromatic heterocycles. The largest absolute Gasteiger partial charge is 0.362 e. The highest BCUT2D eigenvalue weighted by Crippen LogP contribution is 2.23. The van der Waals surface area contributed by atoms with Gasteiger partial charge in [-0.2, -0.15) is 11.8 Å². The van der Waals surface area contributed by atoms with Gasteiger partial charge < -0.3 is 10.6 Å². The lowest BCUT2D eigenvalue weighted by molar-refractivity contribution is 0.591. The molecule has 0 heterocycles. The third-order valence-electron chi connectivity index (χ3n) is 3.04. The molecule has 128 valence electrons. The van der Waals surface area contributed by atoms with Crippen LogP contribution in [0.2, 0.25) is 5.02 Å². The molecule has 0 aliphatic carbocycles. The number of thiocarbonyl (C=S) groups is 1. The molecule has 0 bridgehead atoms. The Labute approximate surface area is 152 Å². The van der Waals surface area contributed by atoms with Gasteiger partial charge in [0, 0.05) is 28.6 Å². The van der Waals surface area contributed by atoms with Crippen LogP contribution in [0.3, 0.4) is 0 Å². The summed E-state index contributed by atoms with van der Waals surface area (Å²) in [5, 5.41) is 5.83. The van der Waals surface area contributed by atoms with E-state index in [2.05, 4.69) is 10.6 Å². The standard InChI is InChI=1S/C16H14ClF3N2S2/c17-11-3-1-4-12(18)10(11)9-24-8-7-21-16(23)22-15-13(19)5-2-6-14(15)20/h1-6H,7-9H2,(H2,21,22,23). The van der Waals surface area contributed by atoms with Crippen LogP contribution in [0.5, 0.6) is 0 Å². The average molecular weight is 391 g/mol. The zero-order valence-corrected chi connectivity index (χ0v) is 14.8. The van der Waals surface area contributed by atoms with Crippen molar-refractivity contribution in [2.75, 3.05) is 17.6 Å². The van der Waals surface area contributed by atoms with Gasteiger partial charge in [0.05, 0.1) is 0 Å². The zero-order valence-electron chi connectivity index (χ0n) is 12.4. The number of para-hydroxylation sites is 1. The average Bonchev–Trinajstić information content (AvgIpc) is 2.53. The van der Waals surface area contributed by atoms with Crippen LogP contribution in [0, 0.1) is 17.5 Å². The van der Waals surface area contributed by atoms with E-state index in [1.54, 1.807) is 12.1 Å². The number of hydrogen-bond donors (Lipinski definition) is 2. The first-order valence-electron chi connectivity index (χ1n) is 6.98. The molecule has 0 unspecified atom stereocenters. The third kappa shape index (κ3) is 5.29. The topological polar surface area (TPSA) is 24.1 Å². The fourth-order valence-corrected chi connectivity index (χ4v) is 3.26. The first-order chi connectivity index (χ1) is 11.5. The Morgan fingerprint density at radius 1 is 1.04 bits per heavy atom. The van der Waals surface area contributed by atoms with Gasteiger partial charge in [-0.15, -0.1) is 0 Å².